The maximum absolute atomic E-state index is 13.7. The van der Waals surface area contributed by atoms with Gasteiger partial charge in [0.15, 0.2) is 0 Å². The predicted molar refractivity (Wildman–Crippen MR) is 83.3 cm³/mol. The fourth-order valence-corrected chi connectivity index (χ4v) is 3.14. The lowest BCUT2D eigenvalue weighted by Crippen LogP contribution is -2.36. The van der Waals surface area contributed by atoms with Gasteiger partial charge >= 0.3 is 0 Å². The Kier molecular flexibility index (Phi) is 6.22. The van der Waals surface area contributed by atoms with E-state index in [4.69, 9.17) is 5.11 Å². The zero-order valence-corrected chi connectivity index (χ0v) is 12.7. The Labute approximate surface area is 127 Å². The Morgan fingerprint density at radius 3 is 2.67 bits per heavy atom. The highest BCUT2D eigenvalue weighted by Gasteiger charge is 2.20. The maximum atomic E-state index is 13.7. The molecule has 1 fully saturated rings. The van der Waals surface area contributed by atoms with E-state index in [0.29, 0.717) is 11.6 Å². The van der Waals surface area contributed by atoms with E-state index in [2.05, 4.69) is 23.7 Å². The number of aliphatic hydroxyl groups is 1. The van der Waals surface area contributed by atoms with Crippen molar-refractivity contribution in [3.63, 3.8) is 0 Å². The molecule has 21 heavy (non-hydrogen) atoms. The Balaban J connectivity index is 2.10. The lowest BCUT2D eigenvalue weighted by molar-refractivity contribution is 0.156. The molecule has 114 valence electrons. The van der Waals surface area contributed by atoms with E-state index >= 15 is 0 Å². The van der Waals surface area contributed by atoms with Crippen molar-refractivity contribution in [1.82, 2.24) is 4.90 Å². The molecule has 0 amide bonds. The van der Waals surface area contributed by atoms with Crippen molar-refractivity contribution < 1.29 is 9.50 Å². The summed E-state index contributed by atoms with van der Waals surface area (Å²) in [5.74, 6) is 5.11. The highest BCUT2D eigenvalue weighted by Crippen LogP contribution is 2.24. The van der Waals surface area contributed by atoms with Crippen LogP contribution in [-0.2, 0) is 6.54 Å². The van der Waals surface area contributed by atoms with Gasteiger partial charge in [-0.15, -0.1) is 0 Å². The van der Waals surface area contributed by atoms with E-state index in [1.807, 2.05) is 6.07 Å². The lowest BCUT2D eigenvalue weighted by atomic mass is 9.94. The largest absolute Gasteiger partial charge is 0.384 e. The summed E-state index contributed by atoms with van der Waals surface area (Å²) in [5, 5.41) is 8.74. The molecule has 1 aromatic carbocycles. The van der Waals surface area contributed by atoms with Crippen LogP contribution in [0.4, 0.5) is 4.39 Å². The number of hydrogen-bond donors (Lipinski definition) is 1. The first-order valence-electron chi connectivity index (χ1n) is 7.86. The van der Waals surface area contributed by atoms with E-state index in [1.54, 1.807) is 6.07 Å². The van der Waals surface area contributed by atoms with Crippen molar-refractivity contribution in [2.75, 3.05) is 13.2 Å². The van der Waals surface area contributed by atoms with Gasteiger partial charge < -0.3 is 5.11 Å². The van der Waals surface area contributed by atoms with Crippen LogP contribution in [0.25, 0.3) is 0 Å². The molecule has 0 aromatic heterocycles. The van der Waals surface area contributed by atoms with Gasteiger partial charge in [0.05, 0.1) is 0 Å². The van der Waals surface area contributed by atoms with Crippen LogP contribution in [0.5, 0.6) is 0 Å². The van der Waals surface area contributed by atoms with Crippen LogP contribution in [0.1, 0.15) is 50.2 Å². The molecule has 3 heteroatoms. The molecule has 2 nitrogen and oxygen atoms in total. The fourth-order valence-electron chi connectivity index (χ4n) is 3.14. The molecule has 0 bridgehead atoms. The number of halogens is 1. The van der Waals surface area contributed by atoms with Crippen LogP contribution in [0.15, 0.2) is 18.2 Å². The Hall–Kier alpha value is -1.37. The number of aliphatic hydroxyl groups excluding tert-OH is 1. The second kappa shape index (κ2) is 8.17. The number of nitrogens with zero attached hydrogens (tertiary/aromatic N) is 1. The van der Waals surface area contributed by atoms with Gasteiger partial charge in [0.1, 0.15) is 12.4 Å². The zero-order chi connectivity index (χ0) is 15.1. The van der Waals surface area contributed by atoms with Gasteiger partial charge in [0, 0.05) is 18.2 Å². The highest BCUT2D eigenvalue weighted by atomic mass is 19.1. The lowest BCUT2D eigenvalue weighted by Gasteiger charge is -2.33. The minimum atomic E-state index is -0.255. The first-order chi connectivity index (χ1) is 10.2. The first-order valence-corrected chi connectivity index (χ1v) is 7.86. The summed E-state index contributed by atoms with van der Waals surface area (Å²) in [6, 6.07) is 5.56. The van der Waals surface area contributed by atoms with Crippen molar-refractivity contribution in [1.29, 1.82) is 0 Å². The van der Waals surface area contributed by atoms with E-state index < -0.39 is 0 Å². The SMILES string of the molecule is CCN(Cc1cc(F)cc(C#CCO)c1)C1CCCCC1. The van der Waals surface area contributed by atoms with Crippen LogP contribution in [0.2, 0.25) is 0 Å². The van der Waals surface area contributed by atoms with Gasteiger partial charge in [-0.05, 0) is 43.1 Å². The Morgan fingerprint density at radius 2 is 2.00 bits per heavy atom. The first kappa shape index (κ1) is 16.0. The van der Waals surface area contributed by atoms with Gasteiger partial charge in [0.2, 0.25) is 0 Å². The van der Waals surface area contributed by atoms with Crippen LogP contribution in [0.3, 0.4) is 0 Å². The molecule has 0 atom stereocenters. The van der Waals surface area contributed by atoms with Crippen LogP contribution in [0, 0.1) is 17.7 Å². The molecule has 1 aliphatic rings. The van der Waals surface area contributed by atoms with Crippen molar-refractivity contribution in [3.8, 4) is 11.8 Å². The third-order valence-corrected chi connectivity index (χ3v) is 4.15. The fraction of sp³-hybridized carbons (Fsp3) is 0.556. The topological polar surface area (TPSA) is 23.5 Å². The Bertz CT molecular complexity index is 512. The molecule has 0 saturated heterocycles. The van der Waals surface area contributed by atoms with Crippen molar-refractivity contribution in [2.24, 2.45) is 0 Å². The summed E-state index contributed by atoms with van der Waals surface area (Å²) in [5.41, 5.74) is 1.60. The van der Waals surface area contributed by atoms with E-state index in [9.17, 15) is 4.39 Å². The number of rotatable bonds is 4. The number of benzene rings is 1. The van der Waals surface area contributed by atoms with Crippen LogP contribution >= 0.6 is 0 Å². The average molecular weight is 289 g/mol. The van der Waals surface area contributed by atoms with Crippen LogP contribution < -0.4 is 0 Å². The normalized spacial score (nSPS) is 15.8. The summed E-state index contributed by atoms with van der Waals surface area (Å²) in [4.78, 5) is 2.44. The minimum Gasteiger partial charge on any atom is -0.384 e. The number of hydrogen-bond acceptors (Lipinski definition) is 2. The summed E-state index contributed by atoms with van der Waals surface area (Å²) in [6.07, 6.45) is 6.45. The molecule has 1 aromatic rings. The molecule has 0 unspecified atom stereocenters. The van der Waals surface area contributed by atoms with Gasteiger partial charge in [-0.2, -0.15) is 0 Å². The summed E-state index contributed by atoms with van der Waals surface area (Å²) in [6.45, 7) is 3.72. The zero-order valence-electron chi connectivity index (χ0n) is 12.7. The standard InChI is InChI=1S/C18H24FNO/c1-2-20(18-8-4-3-5-9-18)14-16-11-15(7-6-10-21)12-17(19)13-16/h11-13,18,21H,2-5,8-10,14H2,1H3. The van der Waals surface area contributed by atoms with Crippen molar-refractivity contribution in [2.45, 2.75) is 51.6 Å². The van der Waals surface area contributed by atoms with Gasteiger partial charge in [-0.25, -0.2) is 4.39 Å². The van der Waals surface area contributed by atoms with Gasteiger partial charge in [-0.1, -0.05) is 38.0 Å². The smallest absolute Gasteiger partial charge is 0.124 e. The third-order valence-electron chi connectivity index (χ3n) is 4.15. The minimum absolute atomic E-state index is 0.199. The van der Waals surface area contributed by atoms with E-state index in [1.165, 1.54) is 38.2 Å². The van der Waals surface area contributed by atoms with Gasteiger partial charge in [-0.3, -0.25) is 4.90 Å². The van der Waals surface area contributed by atoms with E-state index in [0.717, 1.165) is 18.7 Å². The van der Waals surface area contributed by atoms with Gasteiger partial charge in [0.25, 0.3) is 0 Å². The van der Waals surface area contributed by atoms with E-state index in [-0.39, 0.29) is 12.4 Å². The summed E-state index contributed by atoms with van der Waals surface area (Å²) < 4.78 is 13.7. The quantitative estimate of drug-likeness (QED) is 0.860. The van der Waals surface area contributed by atoms with Crippen molar-refractivity contribution in [3.05, 3.63) is 35.1 Å². The molecule has 0 heterocycles. The summed E-state index contributed by atoms with van der Waals surface area (Å²) in [7, 11) is 0. The predicted octanol–water partition coefficient (Wildman–Crippen LogP) is 3.32. The summed E-state index contributed by atoms with van der Waals surface area (Å²) >= 11 is 0. The third kappa shape index (κ3) is 4.84. The molecule has 1 aliphatic carbocycles. The Morgan fingerprint density at radius 1 is 1.24 bits per heavy atom. The molecule has 0 aliphatic heterocycles. The molecular weight excluding hydrogens is 265 g/mol. The molecule has 1 N–H and O–H groups in total. The average Bonchev–Trinajstić information content (AvgIpc) is 2.51. The monoisotopic (exact) mass is 289 g/mol. The molecule has 2 rings (SSSR count). The maximum Gasteiger partial charge on any atom is 0.124 e. The molecule has 0 radical (unpaired) electrons. The second-order valence-electron chi connectivity index (χ2n) is 5.66. The highest BCUT2D eigenvalue weighted by molar-refractivity contribution is 5.37. The van der Waals surface area contributed by atoms with Crippen molar-refractivity contribution >= 4 is 0 Å². The molecular formula is C18H24FNO. The van der Waals surface area contributed by atoms with Crippen LogP contribution in [-0.4, -0.2) is 29.2 Å². The second-order valence-corrected chi connectivity index (χ2v) is 5.66. The molecule has 1 saturated carbocycles. The molecule has 0 spiro atoms.